The minimum absolute atomic E-state index is 0.0125. The highest BCUT2D eigenvalue weighted by Gasteiger charge is 2.10. The summed E-state index contributed by atoms with van der Waals surface area (Å²) in [4.78, 5) is 0. The van der Waals surface area contributed by atoms with Gasteiger partial charge in [0, 0.05) is 0 Å². The van der Waals surface area contributed by atoms with Crippen LogP contribution in [0.2, 0.25) is 0 Å². The molecule has 0 aromatic rings. The summed E-state index contributed by atoms with van der Waals surface area (Å²) in [5.41, 5.74) is -0.371. The maximum atomic E-state index is 8.60. The number of alkyl halides is 1. The molecule has 0 saturated carbocycles. The smallest absolute Gasteiger partial charge is 0.131 e. The van der Waals surface area contributed by atoms with Gasteiger partial charge in [-0.1, -0.05) is 18.5 Å². The molecule has 0 bridgehead atoms. The second-order valence-corrected chi connectivity index (χ2v) is 3.69. The van der Waals surface area contributed by atoms with Gasteiger partial charge in [0.1, 0.15) is 5.56 Å². The second-order valence-electron chi connectivity index (χ2n) is 3.21. The van der Waals surface area contributed by atoms with Gasteiger partial charge in [0.25, 0.3) is 0 Å². The number of hydrogen-bond donors (Lipinski definition) is 2. The topological polar surface area (TPSA) is 58.9 Å². The lowest BCUT2D eigenvalue weighted by atomic mass is 10.1. The lowest BCUT2D eigenvalue weighted by molar-refractivity contribution is 0.00933. The van der Waals surface area contributed by atoms with Crippen LogP contribution in [0, 0.1) is 0 Å². The van der Waals surface area contributed by atoms with E-state index in [0.717, 1.165) is 12.8 Å². The van der Waals surface area contributed by atoms with Gasteiger partial charge in [-0.2, -0.15) is 0 Å². The molecular formula is C10H21ClO4. The summed E-state index contributed by atoms with van der Waals surface area (Å²) in [6.07, 6.45) is 2.50. The predicted octanol–water partition coefficient (Wildman–Crippen LogP) is 1.13. The number of rotatable bonds is 10. The van der Waals surface area contributed by atoms with Crippen molar-refractivity contribution in [3.05, 3.63) is 0 Å². The Hall–Kier alpha value is 0.130. The fraction of sp³-hybridized carbons (Fsp3) is 1.00. The lowest BCUT2D eigenvalue weighted by Crippen LogP contribution is -2.17. The second kappa shape index (κ2) is 10.6. The van der Waals surface area contributed by atoms with Crippen LogP contribution in [0.5, 0.6) is 0 Å². The van der Waals surface area contributed by atoms with E-state index in [-0.39, 0.29) is 31.5 Å². The third kappa shape index (κ3) is 9.08. The summed E-state index contributed by atoms with van der Waals surface area (Å²) >= 11 is 5.86. The summed E-state index contributed by atoms with van der Waals surface area (Å²) in [6, 6.07) is 0. The summed E-state index contributed by atoms with van der Waals surface area (Å²) in [5, 5.41) is 17.1. The van der Waals surface area contributed by atoms with Gasteiger partial charge in [0.05, 0.1) is 32.5 Å². The van der Waals surface area contributed by atoms with Crippen molar-refractivity contribution in [2.45, 2.75) is 37.9 Å². The van der Waals surface area contributed by atoms with Crippen molar-refractivity contribution >= 4 is 11.6 Å². The first-order chi connectivity index (χ1) is 7.24. The van der Waals surface area contributed by atoms with E-state index in [1.165, 1.54) is 0 Å². The summed E-state index contributed by atoms with van der Waals surface area (Å²) in [5.74, 6) is 0. The lowest BCUT2D eigenvalue weighted by Gasteiger charge is -2.17. The first-order valence-electron chi connectivity index (χ1n) is 5.33. The van der Waals surface area contributed by atoms with Gasteiger partial charge >= 0.3 is 0 Å². The molecule has 0 radical (unpaired) electrons. The van der Waals surface area contributed by atoms with E-state index >= 15 is 0 Å². The SMILES string of the molecule is CCC(CCC(Cl)OCCO)OCCO. The van der Waals surface area contributed by atoms with Crippen LogP contribution in [0.1, 0.15) is 26.2 Å². The first-order valence-corrected chi connectivity index (χ1v) is 5.77. The monoisotopic (exact) mass is 240 g/mol. The minimum atomic E-state index is -0.371. The van der Waals surface area contributed by atoms with Gasteiger partial charge in [0.2, 0.25) is 0 Å². The number of aliphatic hydroxyl groups excluding tert-OH is 2. The number of hydrogen-bond acceptors (Lipinski definition) is 4. The van der Waals surface area contributed by atoms with Gasteiger partial charge < -0.3 is 19.7 Å². The zero-order valence-electron chi connectivity index (χ0n) is 9.19. The molecule has 0 fully saturated rings. The molecule has 2 N–H and O–H groups in total. The van der Waals surface area contributed by atoms with Crippen LogP contribution in [0.4, 0.5) is 0 Å². The highest BCUT2D eigenvalue weighted by molar-refractivity contribution is 6.19. The Bertz CT molecular complexity index is 135. The fourth-order valence-corrected chi connectivity index (χ4v) is 1.42. The Balaban J connectivity index is 3.50. The van der Waals surface area contributed by atoms with Crippen LogP contribution >= 0.6 is 11.6 Å². The Labute approximate surface area is 96.1 Å². The maximum Gasteiger partial charge on any atom is 0.131 e. The fourth-order valence-electron chi connectivity index (χ4n) is 1.21. The van der Waals surface area contributed by atoms with E-state index in [1.54, 1.807) is 0 Å². The van der Waals surface area contributed by atoms with Crippen LogP contribution in [-0.4, -0.2) is 48.3 Å². The first kappa shape index (κ1) is 15.1. The molecule has 0 heterocycles. The summed E-state index contributed by atoms with van der Waals surface area (Å²) < 4.78 is 10.5. The van der Waals surface area contributed by atoms with Crippen LogP contribution in [0.25, 0.3) is 0 Å². The van der Waals surface area contributed by atoms with Gasteiger partial charge in [-0.25, -0.2) is 0 Å². The molecule has 15 heavy (non-hydrogen) atoms. The van der Waals surface area contributed by atoms with Crippen molar-refractivity contribution < 1.29 is 19.7 Å². The Kier molecular flexibility index (Phi) is 10.7. The molecule has 0 aromatic heterocycles. The quantitative estimate of drug-likeness (QED) is 0.562. The van der Waals surface area contributed by atoms with Gasteiger partial charge in [-0.3, -0.25) is 0 Å². The Morgan fingerprint density at radius 2 is 1.67 bits per heavy atom. The molecule has 0 aliphatic heterocycles. The molecule has 0 aliphatic carbocycles. The van der Waals surface area contributed by atoms with Gasteiger partial charge in [-0.05, 0) is 19.3 Å². The van der Waals surface area contributed by atoms with Crippen molar-refractivity contribution in [1.82, 2.24) is 0 Å². The summed E-state index contributed by atoms with van der Waals surface area (Å²) in [7, 11) is 0. The minimum Gasteiger partial charge on any atom is -0.394 e. The molecular weight excluding hydrogens is 220 g/mol. The Morgan fingerprint density at radius 3 is 2.20 bits per heavy atom. The van der Waals surface area contributed by atoms with E-state index in [9.17, 15) is 0 Å². The highest BCUT2D eigenvalue weighted by Crippen LogP contribution is 2.13. The van der Waals surface area contributed by atoms with Crippen molar-refractivity contribution in [3.63, 3.8) is 0 Å². The predicted molar refractivity (Wildman–Crippen MR) is 59.0 cm³/mol. The number of halogens is 1. The molecule has 0 aliphatic rings. The van der Waals surface area contributed by atoms with Crippen molar-refractivity contribution in [2.75, 3.05) is 26.4 Å². The van der Waals surface area contributed by atoms with Crippen molar-refractivity contribution in [3.8, 4) is 0 Å². The van der Waals surface area contributed by atoms with Crippen molar-refractivity contribution in [1.29, 1.82) is 0 Å². The molecule has 2 atom stereocenters. The molecule has 4 nitrogen and oxygen atoms in total. The molecule has 0 spiro atoms. The summed E-state index contributed by atoms with van der Waals surface area (Å²) in [6.45, 7) is 2.69. The van der Waals surface area contributed by atoms with E-state index in [2.05, 4.69) is 0 Å². The van der Waals surface area contributed by atoms with Crippen LogP contribution in [0.15, 0.2) is 0 Å². The molecule has 0 saturated heterocycles. The molecule has 0 rings (SSSR count). The van der Waals surface area contributed by atoms with Gasteiger partial charge in [-0.15, -0.1) is 0 Å². The Morgan fingerprint density at radius 1 is 1.07 bits per heavy atom. The molecule has 5 heteroatoms. The molecule has 0 aromatic carbocycles. The maximum absolute atomic E-state index is 8.60. The molecule has 92 valence electrons. The normalized spacial score (nSPS) is 15.2. The van der Waals surface area contributed by atoms with E-state index < -0.39 is 0 Å². The van der Waals surface area contributed by atoms with E-state index in [1.807, 2.05) is 6.92 Å². The number of ether oxygens (including phenoxy) is 2. The zero-order valence-corrected chi connectivity index (χ0v) is 9.95. The van der Waals surface area contributed by atoms with Crippen LogP contribution in [0.3, 0.4) is 0 Å². The molecule has 2 unspecified atom stereocenters. The largest absolute Gasteiger partial charge is 0.394 e. The van der Waals surface area contributed by atoms with Crippen LogP contribution < -0.4 is 0 Å². The highest BCUT2D eigenvalue weighted by atomic mass is 35.5. The van der Waals surface area contributed by atoms with Gasteiger partial charge in [0.15, 0.2) is 0 Å². The third-order valence-electron chi connectivity index (χ3n) is 2.01. The average Bonchev–Trinajstić information content (AvgIpc) is 2.26. The third-order valence-corrected chi connectivity index (χ3v) is 2.35. The zero-order chi connectivity index (χ0) is 11.5. The average molecular weight is 241 g/mol. The molecule has 0 amide bonds. The number of aliphatic hydroxyl groups is 2. The van der Waals surface area contributed by atoms with Crippen LogP contribution in [-0.2, 0) is 9.47 Å². The van der Waals surface area contributed by atoms with E-state index in [0.29, 0.717) is 13.0 Å². The van der Waals surface area contributed by atoms with Crippen molar-refractivity contribution in [2.24, 2.45) is 0 Å². The van der Waals surface area contributed by atoms with E-state index in [4.69, 9.17) is 31.3 Å². The standard InChI is InChI=1S/C10H21ClO4/c1-2-9(14-7-5-12)3-4-10(11)15-8-6-13/h9-10,12-13H,2-8H2,1H3.